The van der Waals surface area contributed by atoms with Crippen LogP contribution >= 0.6 is 0 Å². The smallest absolute Gasteiger partial charge is 0.234 e. The quantitative estimate of drug-likeness (QED) is 0.551. The number of fused-ring (bicyclic) bond motifs is 1. The first-order valence-electron chi connectivity index (χ1n) is 7.94. The third-order valence-corrected chi connectivity index (χ3v) is 3.84. The van der Waals surface area contributed by atoms with E-state index in [9.17, 15) is 4.39 Å². The molecule has 4 aromatic rings. The van der Waals surface area contributed by atoms with Crippen molar-refractivity contribution in [1.82, 2.24) is 19.4 Å². The van der Waals surface area contributed by atoms with Crippen LogP contribution in [0.4, 0.5) is 4.39 Å². The predicted octanol–water partition coefficient (Wildman–Crippen LogP) is 3.52. The summed E-state index contributed by atoms with van der Waals surface area (Å²) in [4.78, 5) is 12.9. The van der Waals surface area contributed by atoms with Gasteiger partial charge in [-0.05, 0) is 18.2 Å². The molecule has 0 N–H and O–H groups in total. The first-order valence-corrected chi connectivity index (χ1v) is 7.94. The summed E-state index contributed by atoms with van der Waals surface area (Å²) in [5.41, 5.74) is 2.28. The Bertz CT molecular complexity index is 1050. The molecule has 0 bridgehead atoms. The molecule has 4 rings (SSSR count). The molecule has 0 amide bonds. The molecular weight excluding hydrogens is 335 g/mol. The van der Waals surface area contributed by atoms with E-state index in [1.54, 1.807) is 28.9 Å². The molecule has 3 heterocycles. The molecule has 0 spiro atoms. The average Bonchev–Trinajstić information content (AvgIpc) is 3.09. The van der Waals surface area contributed by atoms with Gasteiger partial charge in [0.05, 0.1) is 12.8 Å². The second-order valence-electron chi connectivity index (χ2n) is 5.58. The normalized spacial score (nSPS) is 10.8. The van der Waals surface area contributed by atoms with Crippen molar-refractivity contribution in [1.29, 1.82) is 0 Å². The molecule has 0 atom stereocenters. The van der Waals surface area contributed by atoms with Gasteiger partial charge in [-0.2, -0.15) is 0 Å². The number of aromatic nitrogens is 4. The number of halogens is 1. The zero-order valence-corrected chi connectivity index (χ0v) is 14.0. The Morgan fingerprint density at radius 3 is 2.85 bits per heavy atom. The van der Waals surface area contributed by atoms with Crippen LogP contribution in [-0.4, -0.2) is 26.5 Å². The molecular formula is C19H15FN4O2. The molecule has 130 valence electrons. The van der Waals surface area contributed by atoms with Crippen LogP contribution in [0.1, 0.15) is 5.69 Å². The number of ether oxygens (including phenoxy) is 2. The second-order valence-corrected chi connectivity index (χ2v) is 5.58. The van der Waals surface area contributed by atoms with E-state index in [1.807, 2.05) is 24.5 Å². The molecule has 1 aromatic carbocycles. The van der Waals surface area contributed by atoms with Crippen LogP contribution < -0.4 is 9.47 Å². The SMILES string of the molecule is COc1cc(F)ccc1-c1cnc2nc(COc3ccccn3)cn2c1. The number of benzene rings is 1. The first kappa shape index (κ1) is 16.0. The summed E-state index contributed by atoms with van der Waals surface area (Å²) in [5.74, 6) is 1.19. The van der Waals surface area contributed by atoms with E-state index in [0.29, 0.717) is 17.4 Å². The standard InChI is InChI=1S/C19H15FN4O2/c1-25-17-8-14(20)5-6-16(17)13-9-22-19-23-15(11-24(19)10-13)12-26-18-4-2-3-7-21-18/h2-11H,12H2,1H3. The van der Waals surface area contributed by atoms with Gasteiger partial charge in [0.2, 0.25) is 11.7 Å². The van der Waals surface area contributed by atoms with E-state index in [2.05, 4.69) is 15.0 Å². The van der Waals surface area contributed by atoms with Crippen LogP contribution in [0.25, 0.3) is 16.9 Å². The number of methoxy groups -OCH3 is 1. The number of imidazole rings is 1. The van der Waals surface area contributed by atoms with Gasteiger partial charge in [0.1, 0.15) is 18.2 Å². The summed E-state index contributed by atoms with van der Waals surface area (Å²) >= 11 is 0. The Hall–Kier alpha value is -3.48. The highest BCUT2D eigenvalue weighted by molar-refractivity contribution is 5.69. The lowest BCUT2D eigenvalue weighted by molar-refractivity contribution is 0.290. The van der Waals surface area contributed by atoms with Crippen LogP contribution in [0.3, 0.4) is 0 Å². The van der Waals surface area contributed by atoms with Crippen molar-refractivity contribution in [3.05, 3.63) is 72.7 Å². The molecule has 0 radical (unpaired) electrons. The van der Waals surface area contributed by atoms with Gasteiger partial charge in [-0.3, -0.25) is 4.40 Å². The minimum Gasteiger partial charge on any atom is -0.496 e. The number of nitrogens with zero attached hydrogens (tertiary/aromatic N) is 4. The highest BCUT2D eigenvalue weighted by atomic mass is 19.1. The molecule has 0 fully saturated rings. The van der Waals surface area contributed by atoms with Crippen LogP contribution in [0.2, 0.25) is 0 Å². The molecule has 26 heavy (non-hydrogen) atoms. The van der Waals surface area contributed by atoms with E-state index in [-0.39, 0.29) is 12.4 Å². The highest BCUT2D eigenvalue weighted by Crippen LogP contribution is 2.30. The zero-order chi connectivity index (χ0) is 17.9. The van der Waals surface area contributed by atoms with Gasteiger partial charge >= 0.3 is 0 Å². The van der Waals surface area contributed by atoms with Crippen LogP contribution in [-0.2, 0) is 6.61 Å². The maximum atomic E-state index is 13.4. The molecule has 0 unspecified atom stereocenters. The maximum absolute atomic E-state index is 13.4. The first-order chi connectivity index (χ1) is 12.7. The van der Waals surface area contributed by atoms with E-state index < -0.39 is 0 Å². The summed E-state index contributed by atoms with van der Waals surface area (Å²) in [6, 6.07) is 9.87. The van der Waals surface area contributed by atoms with Crippen molar-refractivity contribution in [3.8, 4) is 22.8 Å². The van der Waals surface area contributed by atoms with Gasteiger partial charge in [-0.1, -0.05) is 6.07 Å². The number of rotatable bonds is 5. The van der Waals surface area contributed by atoms with Gasteiger partial charge in [0.15, 0.2) is 0 Å². The van der Waals surface area contributed by atoms with Crippen molar-refractivity contribution in [2.75, 3.05) is 7.11 Å². The van der Waals surface area contributed by atoms with Crippen molar-refractivity contribution in [2.45, 2.75) is 6.61 Å². The largest absolute Gasteiger partial charge is 0.496 e. The monoisotopic (exact) mass is 350 g/mol. The maximum Gasteiger partial charge on any atom is 0.234 e. The summed E-state index contributed by atoms with van der Waals surface area (Å²) in [6.45, 7) is 0.287. The Morgan fingerprint density at radius 2 is 2.04 bits per heavy atom. The van der Waals surface area contributed by atoms with Gasteiger partial charge in [0, 0.05) is 48.0 Å². The van der Waals surface area contributed by atoms with Gasteiger partial charge in [0.25, 0.3) is 0 Å². The van der Waals surface area contributed by atoms with Gasteiger partial charge < -0.3 is 9.47 Å². The fraction of sp³-hybridized carbons (Fsp3) is 0.105. The van der Waals surface area contributed by atoms with Crippen molar-refractivity contribution < 1.29 is 13.9 Å². The van der Waals surface area contributed by atoms with E-state index >= 15 is 0 Å². The third kappa shape index (κ3) is 3.19. The van der Waals surface area contributed by atoms with Crippen LogP contribution in [0.5, 0.6) is 11.6 Å². The Morgan fingerprint density at radius 1 is 1.12 bits per heavy atom. The number of hydrogen-bond acceptors (Lipinski definition) is 5. The van der Waals surface area contributed by atoms with E-state index in [0.717, 1.165) is 16.8 Å². The zero-order valence-electron chi connectivity index (χ0n) is 14.0. The van der Waals surface area contributed by atoms with Crippen molar-refractivity contribution in [3.63, 3.8) is 0 Å². The van der Waals surface area contributed by atoms with Crippen molar-refractivity contribution in [2.24, 2.45) is 0 Å². The summed E-state index contributed by atoms with van der Waals surface area (Å²) < 4.78 is 26.1. The molecule has 0 aliphatic carbocycles. The molecule has 6 nitrogen and oxygen atoms in total. The lowest BCUT2D eigenvalue weighted by Crippen LogP contribution is -1.96. The molecule has 0 saturated carbocycles. The van der Waals surface area contributed by atoms with Gasteiger partial charge in [-0.25, -0.2) is 19.3 Å². The fourth-order valence-electron chi connectivity index (χ4n) is 2.63. The summed E-state index contributed by atoms with van der Waals surface area (Å²) in [6.07, 6.45) is 7.06. The molecule has 3 aromatic heterocycles. The van der Waals surface area contributed by atoms with E-state index in [4.69, 9.17) is 9.47 Å². The average molecular weight is 350 g/mol. The molecule has 0 aliphatic heterocycles. The minimum atomic E-state index is -0.351. The van der Waals surface area contributed by atoms with Gasteiger partial charge in [-0.15, -0.1) is 0 Å². The molecule has 0 aliphatic rings. The topological polar surface area (TPSA) is 61.5 Å². The summed E-state index contributed by atoms with van der Waals surface area (Å²) in [5, 5.41) is 0. The molecule has 0 saturated heterocycles. The highest BCUT2D eigenvalue weighted by Gasteiger charge is 2.10. The Balaban J connectivity index is 1.62. The lowest BCUT2D eigenvalue weighted by Gasteiger charge is -2.08. The van der Waals surface area contributed by atoms with E-state index in [1.165, 1.54) is 19.2 Å². The van der Waals surface area contributed by atoms with Crippen LogP contribution in [0, 0.1) is 5.82 Å². The second kappa shape index (κ2) is 6.79. The fourth-order valence-corrected chi connectivity index (χ4v) is 2.63. The molecule has 7 heteroatoms. The van der Waals surface area contributed by atoms with Crippen LogP contribution in [0.15, 0.2) is 61.2 Å². The predicted molar refractivity (Wildman–Crippen MR) is 93.5 cm³/mol. The Kier molecular flexibility index (Phi) is 4.18. The van der Waals surface area contributed by atoms with Crippen molar-refractivity contribution >= 4 is 5.78 Å². The third-order valence-electron chi connectivity index (χ3n) is 3.84. The lowest BCUT2D eigenvalue weighted by atomic mass is 10.1. The number of hydrogen-bond donors (Lipinski definition) is 0. The minimum absolute atomic E-state index is 0.287. The number of pyridine rings is 1. The summed E-state index contributed by atoms with van der Waals surface area (Å²) in [7, 11) is 1.51. The Labute approximate surface area is 148 Å².